The Labute approximate surface area is 305 Å². The number of rotatable bonds is 8. The average Bonchev–Trinajstić information content (AvgIpc) is 2.92. The minimum Gasteiger partial charge on any atom is -1.00 e. The Morgan fingerprint density at radius 1 is 0.729 bits per heavy atom. The molecule has 0 saturated carbocycles. The molecule has 0 aliphatic carbocycles. The van der Waals surface area contributed by atoms with Gasteiger partial charge in [0, 0.05) is 20.9 Å². The van der Waals surface area contributed by atoms with Crippen LogP contribution in [0.1, 0.15) is 104 Å². The Kier molecular flexibility index (Phi) is 21.8. The van der Waals surface area contributed by atoms with Gasteiger partial charge in [-0.05, 0) is 54.7 Å². The van der Waals surface area contributed by atoms with Crippen molar-refractivity contribution in [1.29, 1.82) is 0 Å². The van der Waals surface area contributed by atoms with E-state index < -0.39 is 64.3 Å². The molecule has 2 amide bonds. The molecular formula is C33H47BF6N2NaO5. The van der Waals surface area contributed by atoms with Crippen LogP contribution < -0.4 is 40.2 Å². The first-order valence-electron chi connectivity index (χ1n) is 14.4. The Hall–Kier alpha value is -2.39. The summed E-state index contributed by atoms with van der Waals surface area (Å²) in [5, 5.41) is 22.0. The maximum atomic E-state index is 12.7. The van der Waals surface area contributed by atoms with Crippen LogP contribution in [0.25, 0.3) is 0 Å². The van der Waals surface area contributed by atoms with Gasteiger partial charge in [-0.1, -0.05) is 65.8 Å². The first-order chi connectivity index (χ1) is 20.8. The van der Waals surface area contributed by atoms with Crippen LogP contribution in [0.15, 0.2) is 48.5 Å². The number of aliphatic hydroxyl groups excluding tert-OH is 2. The van der Waals surface area contributed by atoms with Crippen LogP contribution in [-0.4, -0.2) is 49.4 Å². The smallest absolute Gasteiger partial charge is 1.00 e. The molecule has 3 radical (unpaired) electrons. The van der Waals surface area contributed by atoms with E-state index in [1.165, 1.54) is 24.3 Å². The zero-order chi connectivity index (χ0) is 36.3. The van der Waals surface area contributed by atoms with Gasteiger partial charge in [0.1, 0.15) is 5.78 Å². The van der Waals surface area contributed by atoms with Crippen molar-refractivity contribution in [2.24, 2.45) is 10.8 Å². The molecule has 2 aromatic rings. The Bertz CT molecular complexity index is 1300. The third kappa shape index (κ3) is 18.4. The molecule has 7 nitrogen and oxygen atoms in total. The molecule has 3 atom stereocenters. The summed E-state index contributed by atoms with van der Waals surface area (Å²) in [7, 11) is 1.00. The van der Waals surface area contributed by atoms with Crippen LogP contribution in [0.5, 0.6) is 0 Å². The predicted octanol–water partition coefficient (Wildman–Crippen LogP) is 3.91. The van der Waals surface area contributed by atoms with Gasteiger partial charge in [0.25, 0.3) is 0 Å². The van der Waals surface area contributed by atoms with Gasteiger partial charge in [0.2, 0.25) is 11.8 Å². The molecule has 0 aliphatic heterocycles. The van der Waals surface area contributed by atoms with Gasteiger partial charge in [0.15, 0.2) is 0 Å². The second kappa shape index (κ2) is 21.0. The third-order valence-corrected chi connectivity index (χ3v) is 6.72. The van der Waals surface area contributed by atoms with Crippen molar-refractivity contribution in [2.75, 3.05) is 7.11 Å². The molecule has 0 fully saturated rings. The number of alkyl halides is 6. The van der Waals surface area contributed by atoms with E-state index in [0.717, 1.165) is 31.4 Å². The molecule has 265 valence electrons. The minimum absolute atomic E-state index is 0. The molecule has 0 saturated heterocycles. The van der Waals surface area contributed by atoms with Gasteiger partial charge in [-0.15, -0.1) is 0 Å². The molecule has 4 N–H and O–H groups in total. The van der Waals surface area contributed by atoms with Crippen molar-refractivity contribution in [2.45, 2.75) is 98.8 Å². The van der Waals surface area contributed by atoms with E-state index in [-0.39, 0.29) is 58.0 Å². The van der Waals surface area contributed by atoms with E-state index in [1.54, 1.807) is 55.4 Å². The fraction of sp³-hybridized carbons (Fsp3) is 0.545. The van der Waals surface area contributed by atoms with Crippen molar-refractivity contribution < 1.29 is 81.9 Å². The number of nitrogens with one attached hydrogen (secondary N) is 2. The van der Waals surface area contributed by atoms with E-state index in [9.17, 15) is 45.8 Å². The summed E-state index contributed by atoms with van der Waals surface area (Å²) in [4.78, 5) is 35.5. The number of hydrogen-bond acceptors (Lipinski definition) is 5. The van der Waals surface area contributed by atoms with Gasteiger partial charge in [-0.2, -0.15) is 26.3 Å². The predicted molar refractivity (Wildman–Crippen MR) is 170 cm³/mol. The summed E-state index contributed by atoms with van der Waals surface area (Å²) in [6.45, 7) is 13.7. The SMILES string of the molecule is CO.C[C@H](NC(=O)CC(=O)C(C)(C)C)c1cccc(C(F)(F)F)c1.C[C@H](NC(=O)CC(O)C(C)(C)C)c1cccc(C(F)(F)F)c1.[B].[H-].[Na+]. The molecule has 1 unspecified atom stereocenters. The first-order valence-corrected chi connectivity index (χ1v) is 14.4. The van der Waals surface area contributed by atoms with Crippen LogP contribution in [0.3, 0.4) is 0 Å². The van der Waals surface area contributed by atoms with Gasteiger partial charge >= 0.3 is 41.9 Å². The number of carbonyl (C=O) groups is 3. The van der Waals surface area contributed by atoms with Crippen LogP contribution >= 0.6 is 0 Å². The molecule has 15 heteroatoms. The fourth-order valence-corrected chi connectivity index (χ4v) is 3.62. The maximum absolute atomic E-state index is 12.7. The molecule has 0 spiro atoms. The number of ketones is 1. The second-order valence-corrected chi connectivity index (χ2v) is 12.8. The molecule has 0 bridgehead atoms. The number of hydrogen-bond donors (Lipinski definition) is 4. The number of carbonyl (C=O) groups excluding carboxylic acids is 3. The van der Waals surface area contributed by atoms with Crippen molar-refractivity contribution in [3.8, 4) is 0 Å². The van der Waals surface area contributed by atoms with Crippen LogP contribution in [0.2, 0.25) is 0 Å². The van der Waals surface area contributed by atoms with Gasteiger partial charge in [0.05, 0.1) is 42.2 Å². The van der Waals surface area contributed by atoms with E-state index in [0.29, 0.717) is 11.1 Å². The normalized spacial score (nSPS) is 13.4. The van der Waals surface area contributed by atoms with Crippen molar-refractivity contribution >= 4 is 26.0 Å². The number of amides is 2. The maximum Gasteiger partial charge on any atom is 1.00 e. The Morgan fingerprint density at radius 3 is 1.40 bits per heavy atom. The number of Topliss-reactive ketones (excluding diaryl/α,β-unsaturated/α-hetero) is 1. The summed E-state index contributed by atoms with van der Waals surface area (Å²) in [6.07, 6.45) is -10.0. The fourth-order valence-electron chi connectivity index (χ4n) is 3.62. The van der Waals surface area contributed by atoms with Crippen molar-refractivity contribution in [1.82, 2.24) is 10.6 Å². The van der Waals surface area contributed by atoms with E-state index >= 15 is 0 Å². The quantitative estimate of drug-likeness (QED) is 0.190. The third-order valence-electron chi connectivity index (χ3n) is 6.72. The molecule has 0 aliphatic rings. The van der Waals surface area contributed by atoms with Crippen LogP contribution in [0, 0.1) is 10.8 Å². The molecule has 0 heterocycles. The largest absolute Gasteiger partial charge is 1.00 e. The van der Waals surface area contributed by atoms with Gasteiger partial charge < -0.3 is 22.3 Å². The Balaban J connectivity index is -0.000000371. The molecule has 0 aromatic heterocycles. The van der Waals surface area contributed by atoms with Crippen LogP contribution in [-0.2, 0) is 26.7 Å². The summed E-state index contributed by atoms with van der Waals surface area (Å²) in [5.41, 5.74) is -1.87. The zero-order valence-corrected chi connectivity index (χ0v) is 31.2. The topological polar surface area (TPSA) is 116 Å². The Morgan fingerprint density at radius 2 is 1.08 bits per heavy atom. The van der Waals surface area contributed by atoms with E-state index in [1.807, 2.05) is 0 Å². The summed E-state index contributed by atoms with van der Waals surface area (Å²) >= 11 is 0. The molecular weight excluding hydrogens is 652 g/mol. The number of benzene rings is 2. The average molecular weight is 700 g/mol. The van der Waals surface area contributed by atoms with Gasteiger partial charge in [-0.3, -0.25) is 14.4 Å². The van der Waals surface area contributed by atoms with E-state index in [2.05, 4.69) is 10.6 Å². The summed E-state index contributed by atoms with van der Waals surface area (Å²) < 4.78 is 76.0. The van der Waals surface area contributed by atoms with Crippen molar-refractivity contribution in [3.63, 3.8) is 0 Å². The number of halogens is 6. The summed E-state index contributed by atoms with van der Waals surface area (Å²) in [6, 6.07) is 8.44. The summed E-state index contributed by atoms with van der Waals surface area (Å²) in [5.74, 6) is -1.11. The minimum atomic E-state index is -4.43. The van der Waals surface area contributed by atoms with Crippen LogP contribution in [0.4, 0.5) is 26.3 Å². The standard InChI is InChI=1S/C16H22F3NO2.C16H20F3NO2.CH4O.B.Na.H/c2*1-10(20-14(22)9-13(21)15(2,3)4)11-6-5-7-12(8-11)16(17,18)19;1-2;;;/h5-8,10,13,21H,9H2,1-4H3,(H,20,22);5-8,10H,9H2,1-4H3,(H,20,22);2H,1H3;;;/q;;;;+1;-1/t10-,13?;10-;;;;/m00..../s1. The second-order valence-electron chi connectivity index (χ2n) is 12.8. The zero-order valence-electron chi connectivity index (χ0n) is 30.2. The van der Waals surface area contributed by atoms with Crippen molar-refractivity contribution in [3.05, 3.63) is 70.8 Å². The van der Waals surface area contributed by atoms with E-state index in [4.69, 9.17) is 5.11 Å². The molecule has 2 rings (SSSR count). The van der Waals surface area contributed by atoms with Gasteiger partial charge in [-0.25, -0.2) is 0 Å². The molecule has 48 heavy (non-hydrogen) atoms. The monoisotopic (exact) mass is 699 g/mol. The number of aliphatic hydroxyl groups is 2. The first kappa shape index (κ1) is 50.0. The molecule has 2 aromatic carbocycles.